The van der Waals surface area contributed by atoms with Gasteiger partial charge in [0.15, 0.2) is 0 Å². The first-order chi connectivity index (χ1) is 8.94. The van der Waals surface area contributed by atoms with Gasteiger partial charge in [0.1, 0.15) is 5.60 Å². The molecule has 0 atom stereocenters. The van der Waals surface area contributed by atoms with E-state index in [0.29, 0.717) is 19.1 Å². The van der Waals surface area contributed by atoms with Gasteiger partial charge in [-0.15, -0.1) is 0 Å². The van der Waals surface area contributed by atoms with Crippen LogP contribution in [0.1, 0.15) is 46.5 Å². The third kappa shape index (κ3) is 3.48. The second-order valence-electron chi connectivity index (χ2n) is 6.79. The first-order valence-corrected chi connectivity index (χ1v) is 7.46. The Hall–Kier alpha value is -0.610. The number of rotatable bonds is 2. The summed E-state index contributed by atoms with van der Waals surface area (Å²) < 4.78 is 11.2. The Morgan fingerprint density at radius 2 is 1.79 bits per heavy atom. The quantitative estimate of drug-likeness (QED) is 0.780. The second kappa shape index (κ2) is 5.80. The molecule has 0 amide bonds. The standard InChI is InChI=1S/C15H27NO3/c1-14(2,3)19-13(17)15(6-10-18-11-7-15)12-4-8-16-9-5-12/h12,16H,4-11H2,1-3H3. The smallest absolute Gasteiger partial charge is 0.313 e. The van der Waals surface area contributed by atoms with Crippen LogP contribution in [0.4, 0.5) is 0 Å². The van der Waals surface area contributed by atoms with Gasteiger partial charge in [0.05, 0.1) is 5.41 Å². The predicted octanol–water partition coefficient (Wildman–Crippen LogP) is 2.12. The lowest BCUT2D eigenvalue weighted by atomic mass is 9.66. The van der Waals surface area contributed by atoms with E-state index in [4.69, 9.17) is 9.47 Å². The summed E-state index contributed by atoms with van der Waals surface area (Å²) in [4.78, 5) is 12.7. The largest absolute Gasteiger partial charge is 0.460 e. The fraction of sp³-hybridized carbons (Fsp3) is 0.933. The van der Waals surface area contributed by atoms with Gasteiger partial charge in [0.25, 0.3) is 0 Å². The highest BCUT2D eigenvalue weighted by Crippen LogP contribution is 2.44. The van der Waals surface area contributed by atoms with Gasteiger partial charge in [-0.3, -0.25) is 4.79 Å². The van der Waals surface area contributed by atoms with Crippen LogP contribution in [0.15, 0.2) is 0 Å². The zero-order chi connectivity index (χ0) is 13.9. The molecule has 0 aliphatic carbocycles. The van der Waals surface area contributed by atoms with Crippen molar-refractivity contribution in [2.75, 3.05) is 26.3 Å². The highest BCUT2D eigenvalue weighted by Gasteiger charge is 2.48. The molecular formula is C15H27NO3. The van der Waals surface area contributed by atoms with Crippen LogP contribution in [0.5, 0.6) is 0 Å². The summed E-state index contributed by atoms with van der Waals surface area (Å²) in [5.74, 6) is 0.433. The third-order valence-electron chi connectivity index (χ3n) is 4.31. The minimum atomic E-state index is -0.407. The number of hydrogen-bond acceptors (Lipinski definition) is 4. The molecule has 2 aliphatic rings. The van der Waals surface area contributed by atoms with E-state index in [2.05, 4.69) is 5.32 Å². The molecule has 2 heterocycles. The first-order valence-electron chi connectivity index (χ1n) is 7.46. The Morgan fingerprint density at radius 1 is 1.21 bits per heavy atom. The van der Waals surface area contributed by atoms with Crippen molar-refractivity contribution in [3.8, 4) is 0 Å². The molecule has 1 N–H and O–H groups in total. The Bertz CT molecular complexity index is 310. The van der Waals surface area contributed by atoms with E-state index >= 15 is 0 Å². The number of carbonyl (C=O) groups excluding carboxylic acids is 1. The SMILES string of the molecule is CC(C)(C)OC(=O)C1(C2CCNCC2)CCOCC1. The lowest BCUT2D eigenvalue weighted by Gasteiger charge is -2.44. The molecule has 2 rings (SSSR count). The zero-order valence-electron chi connectivity index (χ0n) is 12.5. The Morgan fingerprint density at radius 3 is 2.32 bits per heavy atom. The molecule has 0 aromatic carbocycles. The van der Waals surface area contributed by atoms with E-state index in [-0.39, 0.29) is 11.4 Å². The summed E-state index contributed by atoms with van der Waals surface area (Å²) in [7, 11) is 0. The van der Waals surface area contributed by atoms with Gasteiger partial charge in [0.2, 0.25) is 0 Å². The highest BCUT2D eigenvalue weighted by atomic mass is 16.6. The van der Waals surface area contributed by atoms with E-state index < -0.39 is 5.60 Å². The summed E-state index contributed by atoms with van der Waals surface area (Å²) in [6.45, 7) is 9.22. The van der Waals surface area contributed by atoms with Crippen molar-refractivity contribution in [3.05, 3.63) is 0 Å². The maximum atomic E-state index is 12.7. The number of carbonyl (C=O) groups is 1. The molecule has 2 aliphatic heterocycles. The van der Waals surface area contributed by atoms with Crippen molar-refractivity contribution in [3.63, 3.8) is 0 Å². The minimum Gasteiger partial charge on any atom is -0.460 e. The van der Waals surface area contributed by atoms with Gasteiger partial charge >= 0.3 is 5.97 Å². The van der Waals surface area contributed by atoms with Gasteiger partial charge in [-0.2, -0.15) is 0 Å². The van der Waals surface area contributed by atoms with Gasteiger partial charge in [-0.1, -0.05) is 0 Å². The maximum absolute atomic E-state index is 12.7. The summed E-state index contributed by atoms with van der Waals surface area (Å²) in [5.41, 5.74) is -0.719. The molecule has 4 heteroatoms. The van der Waals surface area contributed by atoms with E-state index in [9.17, 15) is 4.79 Å². The van der Waals surface area contributed by atoms with Crippen molar-refractivity contribution in [1.29, 1.82) is 0 Å². The molecule has 0 aromatic heterocycles. The average molecular weight is 269 g/mol. The molecule has 19 heavy (non-hydrogen) atoms. The van der Waals surface area contributed by atoms with Crippen LogP contribution < -0.4 is 5.32 Å². The van der Waals surface area contributed by atoms with Crippen LogP contribution in [0.3, 0.4) is 0 Å². The van der Waals surface area contributed by atoms with Crippen molar-refractivity contribution in [2.45, 2.75) is 52.1 Å². The fourth-order valence-corrected chi connectivity index (χ4v) is 3.27. The molecule has 110 valence electrons. The molecule has 4 nitrogen and oxygen atoms in total. The molecule has 2 saturated heterocycles. The third-order valence-corrected chi connectivity index (χ3v) is 4.31. The average Bonchev–Trinajstić information content (AvgIpc) is 2.38. The van der Waals surface area contributed by atoms with E-state index in [1.54, 1.807) is 0 Å². The highest BCUT2D eigenvalue weighted by molar-refractivity contribution is 5.78. The molecule has 0 unspecified atom stereocenters. The molecule has 0 bridgehead atoms. The zero-order valence-corrected chi connectivity index (χ0v) is 12.5. The van der Waals surface area contributed by atoms with Gasteiger partial charge in [-0.05, 0) is 65.5 Å². The molecule has 2 fully saturated rings. The van der Waals surface area contributed by atoms with Crippen LogP contribution >= 0.6 is 0 Å². The number of ether oxygens (including phenoxy) is 2. The lowest BCUT2D eigenvalue weighted by Crippen LogP contribution is -2.49. The normalized spacial score (nSPS) is 25.0. The van der Waals surface area contributed by atoms with E-state index in [1.165, 1.54) is 0 Å². The monoisotopic (exact) mass is 269 g/mol. The van der Waals surface area contributed by atoms with Crippen LogP contribution in [-0.2, 0) is 14.3 Å². The lowest BCUT2D eigenvalue weighted by molar-refractivity contribution is -0.179. The number of hydrogen-bond donors (Lipinski definition) is 1. The predicted molar refractivity (Wildman–Crippen MR) is 73.9 cm³/mol. The van der Waals surface area contributed by atoms with Crippen molar-refractivity contribution in [1.82, 2.24) is 5.32 Å². The van der Waals surface area contributed by atoms with Crippen LogP contribution in [0, 0.1) is 11.3 Å². The molecule has 0 aromatic rings. The fourth-order valence-electron chi connectivity index (χ4n) is 3.27. The Balaban J connectivity index is 2.15. The van der Waals surface area contributed by atoms with Gasteiger partial charge in [-0.25, -0.2) is 0 Å². The van der Waals surface area contributed by atoms with Crippen LogP contribution in [-0.4, -0.2) is 37.9 Å². The number of esters is 1. The van der Waals surface area contributed by atoms with Crippen molar-refractivity contribution >= 4 is 5.97 Å². The summed E-state index contributed by atoms with van der Waals surface area (Å²) in [6.07, 6.45) is 3.76. The summed E-state index contributed by atoms with van der Waals surface area (Å²) >= 11 is 0. The van der Waals surface area contributed by atoms with Crippen LogP contribution in [0.25, 0.3) is 0 Å². The minimum absolute atomic E-state index is 0.00444. The topological polar surface area (TPSA) is 47.6 Å². The molecular weight excluding hydrogens is 242 g/mol. The number of nitrogens with one attached hydrogen (secondary N) is 1. The molecule has 0 saturated carbocycles. The second-order valence-corrected chi connectivity index (χ2v) is 6.79. The summed E-state index contributed by atoms with van der Waals surface area (Å²) in [6, 6.07) is 0. The number of piperidine rings is 1. The summed E-state index contributed by atoms with van der Waals surface area (Å²) in [5, 5.41) is 3.37. The first kappa shape index (κ1) is 14.8. The Kier molecular flexibility index (Phi) is 4.51. The molecule has 0 radical (unpaired) electrons. The van der Waals surface area contributed by atoms with Gasteiger partial charge < -0.3 is 14.8 Å². The molecule has 0 spiro atoms. The van der Waals surface area contributed by atoms with Gasteiger partial charge in [0, 0.05) is 13.2 Å². The van der Waals surface area contributed by atoms with Crippen LogP contribution in [0.2, 0.25) is 0 Å². The van der Waals surface area contributed by atoms with E-state index in [0.717, 1.165) is 38.8 Å². The van der Waals surface area contributed by atoms with Crippen molar-refractivity contribution in [2.24, 2.45) is 11.3 Å². The van der Waals surface area contributed by atoms with Crippen molar-refractivity contribution < 1.29 is 14.3 Å². The maximum Gasteiger partial charge on any atom is 0.313 e. The van der Waals surface area contributed by atoms with E-state index in [1.807, 2.05) is 20.8 Å². The Labute approximate surface area is 116 Å².